The van der Waals surface area contributed by atoms with Crippen LogP contribution in [0.4, 0.5) is 5.69 Å². The molecule has 0 aliphatic heterocycles. The lowest BCUT2D eigenvalue weighted by atomic mass is 10.2. The fourth-order valence-electron chi connectivity index (χ4n) is 1.19. The smallest absolute Gasteiger partial charge is 0.148 e. The number of ether oxygens (including phenoxy) is 1. The van der Waals surface area contributed by atoms with E-state index in [1.54, 1.807) is 19.5 Å². The highest BCUT2D eigenvalue weighted by Crippen LogP contribution is 2.25. The van der Waals surface area contributed by atoms with E-state index in [-0.39, 0.29) is 0 Å². The van der Waals surface area contributed by atoms with E-state index in [1.165, 1.54) is 0 Å². The predicted molar refractivity (Wildman–Crippen MR) is 47.1 cm³/mol. The number of aromatic amines is 1. The zero-order valence-corrected chi connectivity index (χ0v) is 6.66. The van der Waals surface area contributed by atoms with Gasteiger partial charge in [0.05, 0.1) is 19.0 Å². The Morgan fingerprint density at radius 3 is 3.08 bits per heavy atom. The largest absolute Gasteiger partial charge is 0.494 e. The molecular formula is C8H9N3O. The first-order valence-corrected chi connectivity index (χ1v) is 3.58. The normalized spacial score (nSPS) is 10.4. The number of nitrogens with one attached hydrogen (secondary N) is 1. The first-order valence-electron chi connectivity index (χ1n) is 3.58. The summed E-state index contributed by atoms with van der Waals surface area (Å²) < 4.78 is 5.10. The van der Waals surface area contributed by atoms with Gasteiger partial charge in [0.1, 0.15) is 11.3 Å². The van der Waals surface area contributed by atoms with Crippen LogP contribution in [0.2, 0.25) is 0 Å². The number of rotatable bonds is 1. The quantitative estimate of drug-likeness (QED) is 0.620. The van der Waals surface area contributed by atoms with Crippen LogP contribution in [0.25, 0.3) is 11.0 Å². The van der Waals surface area contributed by atoms with Crippen molar-refractivity contribution >= 4 is 16.7 Å². The number of benzene rings is 1. The van der Waals surface area contributed by atoms with Gasteiger partial charge < -0.3 is 15.5 Å². The summed E-state index contributed by atoms with van der Waals surface area (Å²) in [6.07, 6.45) is 1.62. The summed E-state index contributed by atoms with van der Waals surface area (Å²) in [6.45, 7) is 0. The van der Waals surface area contributed by atoms with Gasteiger partial charge in [-0.1, -0.05) is 0 Å². The molecule has 0 aliphatic rings. The Morgan fingerprint density at radius 2 is 2.33 bits per heavy atom. The number of nitrogens with two attached hydrogens (primary N) is 1. The Bertz CT molecular complexity index is 408. The third-order valence-corrected chi connectivity index (χ3v) is 1.73. The Labute approximate surface area is 69.4 Å². The van der Waals surface area contributed by atoms with E-state index < -0.39 is 0 Å². The average molecular weight is 163 g/mol. The maximum absolute atomic E-state index is 5.63. The van der Waals surface area contributed by atoms with Gasteiger partial charge in [-0.25, -0.2) is 4.98 Å². The summed E-state index contributed by atoms with van der Waals surface area (Å²) in [7, 11) is 1.60. The number of nitrogen functional groups attached to an aromatic ring is 1. The van der Waals surface area contributed by atoms with Crippen LogP contribution in [-0.2, 0) is 0 Å². The molecule has 2 rings (SSSR count). The minimum absolute atomic E-state index is 0.670. The van der Waals surface area contributed by atoms with Crippen LogP contribution in [0.3, 0.4) is 0 Å². The monoisotopic (exact) mass is 163 g/mol. The number of nitrogens with zero attached hydrogens (tertiary/aromatic N) is 1. The van der Waals surface area contributed by atoms with Gasteiger partial charge in [0.2, 0.25) is 0 Å². The predicted octanol–water partition coefficient (Wildman–Crippen LogP) is 1.15. The van der Waals surface area contributed by atoms with Gasteiger partial charge in [-0.05, 0) is 6.07 Å². The number of fused-ring (bicyclic) bond motifs is 1. The molecule has 0 atom stereocenters. The second-order valence-electron chi connectivity index (χ2n) is 2.52. The van der Waals surface area contributed by atoms with Gasteiger partial charge in [0.15, 0.2) is 0 Å². The molecule has 62 valence electrons. The summed E-state index contributed by atoms with van der Waals surface area (Å²) in [5.41, 5.74) is 8.01. The summed E-state index contributed by atoms with van der Waals surface area (Å²) in [5, 5.41) is 0. The van der Waals surface area contributed by atoms with Crippen molar-refractivity contribution in [2.45, 2.75) is 0 Å². The molecular weight excluding hydrogens is 154 g/mol. The van der Waals surface area contributed by atoms with Crippen LogP contribution >= 0.6 is 0 Å². The summed E-state index contributed by atoms with van der Waals surface area (Å²) in [6, 6.07) is 3.58. The Kier molecular flexibility index (Phi) is 1.40. The standard InChI is InChI=1S/C8H9N3O/c1-12-7-3-5(9)2-6-8(7)11-4-10-6/h2-4H,9H2,1H3,(H,10,11). The molecule has 0 radical (unpaired) electrons. The van der Waals surface area contributed by atoms with Gasteiger partial charge in [0.25, 0.3) is 0 Å². The molecule has 3 N–H and O–H groups in total. The van der Waals surface area contributed by atoms with Crippen molar-refractivity contribution in [3.8, 4) is 5.75 Å². The van der Waals surface area contributed by atoms with E-state index in [2.05, 4.69) is 9.97 Å². The number of imidazole rings is 1. The van der Waals surface area contributed by atoms with Crippen LogP contribution in [0.1, 0.15) is 0 Å². The lowest BCUT2D eigenvalue weighted by Crippen LogP contribution is -1.89. The zero-order valence-electron chi connectivity index (χ0n) is 6.66. The Morgan fingerprint density at radius 1 is 1.50 bits per heavy atom. The van der Waals surface area contributed by atoms with Crippen molar-refractivity contribution in [1.29, 1.82) is 0 Å². The first kappa shape index (κ1) is 6.97. The molecule has 2 aromatic rings. The Hall–Kier alpha value is -1.71. The van der Waals surface area contributed by atoms with E-state index >= 15 is 0 Å². The molecule has 12 heavy (non-hydrogen) atoms. The van der Waals surface area contributed by atoms with Crippen LogP contribution in [0.5, 0.6) is 5.75 Å². The highest BCUT2D eigenvalue weighted by molar-refractivity contribution is 5.84. The zero-order chi connectivity index (χ0) is 8.55. The summed E-state index contributed by atoms with van der Waals surface area (Å²) in [5.74, 6) is 0.700. The molecule has 1 heterocycles. The van der Waals surface area contributed by atoms with Crippen molar-refractivity contribution in [2.75, 3.05) is 12.8 Å². The molecule has 0 fully saturated rings. The molecule has 1 aromatic heterocycles. The van der Waals surface area contributed by atoms with Crippen molar-refractivity contribution in [3.63, 3.8) is 0 Å². The average Bonchev–Trinajstić information content (AvgIpc) is 2.50. The maximum atomic E-state index is 5.63. The first-order chi connectivity index (χ1) is 5.81. The molecule has 0 unspecified atom stereocenters. The third-order valence-electron chi connectivity index (χ3n) is 1.73. The number of methoxy groups -OCH3 is 1. The molecule has 0 amide bonds. The van der Waals surface area contributed by atoms with E-state index in [4.69, 9.17) is 10.5 Å². The SMILES string of the molecule is COc1cc(N)cc2[nH]cnc12. The van der Waals surface area contributed by atoms with Crippen LogP contribution in [-0.4, -0.2) is 17.1 Å². The van der Waals surface area contributed by atoms with Crippen molar-refractivity contribution in [1.82, 2.24) is 9.97 Å². The highest BCUT2D eigenvalue weighted by Gasteiger charge is 2.04. The van der Waals surface area contributed by atoms with Gasteiger partial charge in [-0.15, -0.1) is 0 Å². The second kappa shape index (κ2) is 2.41. The molecule has 0 saturated heterocycles. The topological polar surface area (TPSA) is 63.9 Å². The van der Waals surface area contributed by atoms with Gasteiger partial charge in [-0.3, -0.25) is 0 Å². The minimum Gasteiger partial charge on any atom is -0.494 e. The van der Waals surface area contributed by atoms with E-state index in [0.29, 0.717) is 11.4 Å². The number of hydrogen-bond donors (Lipinski definition) is 2. The van der Waals surface area contributed by atoms with E-state index in [9.17, 15) is 0 Å². The number of anilines is 1. The van der Waals surface area contributed by atoms with Crippen LogP contribution in [0.15, 0.2) is 18.5 Å². The molecule has 4 heteroatoms. The molecule has 0 bridgehead atoms. The number of hydrogen-bond acceptors (Lipinski definition) is 3. The minimum atomic E-state index is 0.670. The van der Waals surface area contributed by atoms with Gasteiger partial charge in [-0.2, -0.15) is 0 Å². The summed E-state index contributed by atoms with van der Waals surface area (Å²) in [4.78, 5) is 7.06. The van der Waals surface area contributed by atoms with Crippen molar-refractivity contribution in [2.24, 2.45) is 0 Å². The highest BCUT2D eigenvalue weighted by atomic mass is 16.5. The lowest BCUT2D eigenvalue weighted by molar-refractivity contribution is 0.419. The Balaban J connectivity index is 2.80. The molecule has 0 saturated carbocycles. The molecule has 0 aliphatic carbocycles. The summed E-state index contributed by atoms with van der Waals surface area (Å²) >= 11 is 0. The second-order valence-corrected chi connectivity index (χ2v) is 2.52. The molecule has 1 aromatic carbocycles. The van der Waals surface area contributed by atoms with E-state index in [0.717, 1.165) is 11.0 Å². The van der Waals surface area contributed by atoms with Crippen LogP contribution in [0, 0.1) is 0 Å². The lowest BCUT2D eigenvalue weighted by Gasteiger charge is -2.01. The van der Waals surface area contributed by atoms with E-state index in [1.807, 2.05) is 6.07 Å². The van der Waals surface area contributed by atoms with Gasteiger partial charge in [0, 0.05) is 11.8 Å². The number of aromatic nitrogens is 2. The van der Waals surface area contributed by atoms with Gasteiger partial charge >= 0.3 is 0 Å². The molecule has 4 nitrogen and oxygen atoms in total. The molecule has 0 spiro atoms. The fraction of sp³-hybridized carbons (Fsp3) is 0.125. The number of H-pyrrole nitrogens is 1. The van der Waals surface area contributed by atoms with Crippen molar-refractivity contribution in [3.05, 3.63) is 18.5 Å². The maximum Gasteiger partial charge on any atom is 0.148 e. The fourth-order valence-corrected chi connectivity index (χ4v) is 1.19. The van der Waals surface area contributed by atoms with Crippen molar-refractivity contribution < 1.29 is 4.74 Å². The third kappa shape index (κ3) is 0.887. The van der Waals surface area contributed by atoms with Crippen LogP contribution < -0.4 is 10.5 Å².